The summed E-state index contributed by atoms with van der Waals surface area (Å²) in [4.78, 5) is 27.4. The van der Waals surface area contributed by atoms with Crippen molar-refractivity contribution in [2.45, 2.75) is 33.8 Å². The van der Waals surface area contributed by atoms with Crippen molar-refractivity contribution in [2.24, 2.45) is 0 Å². The third-order valence-electron chi connectivity index (χ3n) is 3.73. The average Bonchev–Trinajstić information content (AvgIpc) is 2.84. The number of ketones is 1. The standard InChI is InChI=1S/C18H19F2NO4/c1-5-24-18(23)15-9(2)16(21-10(15)3)17(22)11(4)25-14-7-6-12(19)8-13(14)20/h6-8,11,21H,5H2,1-4H3. The van der Waals surface area contributed by atoms with Crippen molar-refractivity contribution in [3.8, 4) is 5.75 Å². The van der Waals surface area contributed by atoms with Gasteiger partial charge in [-0.05, 0) is 45.4 Å². The van der Waals surface area contributed by atoms with E-state index in [1.165, 1.54) is 6.92 Å². The van der Waals surface area contributed by atoms with E-state index in [0.717, 1.165) is 12.1 Å². The number of nitrogens with one attached hydrogen (secondary N) is 1. The van der Waals surface area contributed by atoms with Gasteiger partial charge in [-0.3, -0.25) is 4.79 Å². The Kier molecular flexibility index (Phi) is 5.56. The third-order valence-corrected chi connectivity index (χ3v) is 3.73. The van der Waals surface area contributed by atoms with E-state index in [4.69, 9.17) is 9.47 Å². The molecule has 0 aliphatic heterocycles. The van der Waals surface area contributed by atoms with Gasteiger partial charge in [0.1, 0.15) is 5.82 Å². The molecule has 0 aliphatic rings. The number of hydrogen-bond donors (Lipinski definition) is 1. The molecule has 0 aliphatic carbocycles. The van der Waals surface area contributed by atoms with Gasteiger partial charge < -0.3 is 14.5 Å². The molecule has 0 spiro atoms. The summed E-state index contributed by atoms with van der Waals surface area (Å²) in [5.74, 6) is -2.84. The Balaban J connectivity index is 2.25. The number of benzene rings is 1. The minimum absolute atomic E-state index is 0.190. The van der Waals surface area contributed by atoms with Crippen LogP contribution in [0.4, 0.5) is 8.78 Å². The van der Waals surface area contributed by atoms with Gasteiger partial charge in [0.2, 0.25) is 5.78 Å². The van der Waals surface area contributed by atoms with Crippen molar-refractivity contribution in [2.75, 3.05) is 6.61 Å². The van der Waals surface area contributed by atoms with Crippen molar-refractivity contribution < 1.29 is 27.8 Å². The highest BCUT2D eigenvalue weighted by atomic mass is 19.1. The van der Waals surface area contributed by atoms with Crippen LogP contribution in [0.3, 0.4) is 0 Å². The van der Waals surface area contributed by atoms with E-state index in [-0.39, 0.29) is 18.1 Å². The molecule has 25 heavy (non-hydrogen) atoms. The summed E-state index contributed by atoms with van der Waals surface area (Å²) in [7, 11) is 0. The Morgan fingerprint density at radius 1 is 1.24 bits per heavy atom. The summed E-state index contributed by atoms with van der Waals surface area (Å²) in [5.41, 5.74) is 1.43. The first kappa shape index (κ1) is 18.6. The highest BCUT2D eigenvalue weighted by molar-refractivity contribution is 6.03. The molecular weight excluding hydrogens is 332 g/mol. The van der Waals surface area contributed by atoms with Crippen molar-refractivity contribution in [3.63, 3.8) is 0 Å². The molecule has 1 N–H and O–H groups in total. The number of carbonyl (C=O) groups excluding carboxylic acids is 2. The van der Waals surface area contributed by atoms with Crippen LogP contribution in [0.15, 0.2) is 18.2 Å². The fraction of sp³-hybridized carbons (Fsp3) is 0.333. The lowest BCUT2D eigenvalue weighted by Crippen LogP contribution is -2.25. The fourth-order valence-corrected chi connectivity index (χ4v) is 2.52. The van der Waals surface area contributed by atoms with Crippen LogP contribution in [0.2, 0.25) is 0 Å². The molecule has 2 aromatic rings. The lowest BCUT2D eigenvalue weighted by Gasteiger charge is -2.14. The number of aromatic nitrogens is 1. The smallest absolute Gasteiger partial charge is 0.340 e. The van der Waals surface area contributed by atoms with Gasteiger partial charge in [-0.25, -0.2) is 13.6 Å². The number of aromatic amines is 1. The van der Waals surface area contributed by atoms with E-state index in [1.807, 2.05) is 0 Å². The van der Waals surface area contributed by atoms with Crippen LogP contribution in [-0.2, 0) is 4.74 Å². The zero-order valence-electron chi connectivity index (χ0n) is 14.4. The molecule has 5 nitrogen and oxygen atoms in total. The molecule has 1 aromatic heterocycles. The summed E-state index contributed by atoms with van der Waals surface area (Å²) in [6.07, 6.45) is -1.04. The maximum atomic E-state index is 13.7. The van der Waals surface area contributed by atoms with Gasteiger partial charge in [0, 0.05) is 11.8 Å². The molecule has 0 fully saturated rings. The average molecular weight is 351 g/mol. The van der Waals surface area contributed by atoms with E-state index >= 15 is 0 Å². The summed E-state index contributed by atoms with van der Waals surface area (Å²) in [5, 5.41) is 0. The summed E-state index contributed by atoms with van der Waals surface area (Å²) in [6.45, 7) is 6.63. The molecule has 1 heterocycles. The van der Waals surface area contributed by atoms with Crippen LogP contribution in [0.5, 0.6) is 5.75 Å². The van der Waals surface area contributed by atoms with Crippen LogP contribution in [0.1, 0.15) is 46.0 Å². The highest BCUT2D eigenvalue weighted by Gasteiger charge is 2.27. The number of hydrogen-bond acceptors (Lipinski definition) is 4. The maximum absolute atomic E-state index is 13.7. The number of ether oxygens (including phenoxy) is 2. The molecule has 0 bridgehead atoms. The first-order valence-electron chi connectivity index (χ1n) is 7.78. The molecule has 0 saturated heterocycles. The van der Waals surface area contributed by atoms with Crippen LogP contribution >= 0.6 is 0 Å². The largest absolute Gasteiger partial charge is 0.479 e. The van der Waals surface area contributed by atoms with Crippen molar-refractivity contribution in [1.82, 2.24) is 4.98 Å². The van der Waals surface area contributed by atoms with Crippen LogP contribution in [-0.4, -0.2) is 29.4 Å². The molecular formula is C18H19F2NO4. The van der Waals surface area contributed by atoms with Crippen LogP contribution < -0.4 is 4.74 Å². The van der Waals surface area contributed by atoms with Crippen LogP contribution in [0, 0.1) is 25.5 Å². The van der Waals surface area contributed by atoms with E-state index in [2.05, 4.69) is 4.98 Å². The monoisotopic (exact) mass is 351 g/mol. The molecule has 0 saturated carbocycles. The summed E-state index contributed by atoms with van der Waals surface area (Å²) >= 11 is 0. The van der Waals surface area contributed by atoms with Crippen molar-refractivity contribution in [3.05, 3.63) is 52.3 Å². The number of Topliss-reactive ketones (excluding diaryl/α,β-unsaturated/α-hetero) is 1. The van der Waals surface area contributed by atoms with Gasteiger partial charge in [-0.15, -0.1) is 0 Å². The molecule has 1 unspecified atom stereocenters. The van der Waals surface area contributed by atoms with E-state index in [9.17, 15) is 18.4 Å². The third kappa shape index (κ3) is 3.87. The quantitative estimate of drug-likeness (QED) is 0.636. The summed E-state index contributed by atoms with van der Waals surface area (Å²) < 4.78 is 36.9. The number of carbonyl (C=O) groups is 2. The molecule has 0 amide bonds. The molecule has 1 atom stereocenters. The van der Waals surface area contributed by atoms with E-state index in [0.29, 0.717) is 22.9 Å². The molecule has 7 heteroatoms. The SMILES string of the molecule is CCOC(=O)c1c(C)[nH]c(C(=O)C(C)Oc2ccc(F)cc2F)c1C. The maximum Gasteiger partial charge on any atom is 0.340 e. The van der Waals surface area contributed by atoms with Gasteiger partial charge >= 0.3 is 5.97 Å². The lowest BCUT2D eigenvalue weighted by molar-refractivity contribution is 0.0525. The number of esters is 1. The van der Waals surface area contributed by atoms with Gasteiger partial charge in [0.05, 0.1) is 17.9 Å². The fourth-order valence-electron chi connectivity index (χ4n) is 2.52. The normalized spacial score (nSPS) is 11.9. The number of rotatable bonds is 6. The summed E-state index contributed by atoms with van der Waals surface area (Å²) in [6, 6.07) is 2.83. The minimum Gasteiger partial charge on any atom is -0.479 e. The Bertz CT molecular complexity index is 814. The molecule has 0 radical (unpaired) electrons. The molecule has 2 rings (SSSR count). The predicted molar refractivity (Wildman–Crippen MR) is 87.0 cm³/mol. The first-order chi connectivity index (χ1) is 11.8. The minimum atomic E-state index is -1.04. The van der Waals surface area contributed by atoms with Gasteiger partial charge in [-0.2, -0.15) is 0 Å². The zero-order chi connectivity index (χ0) is 18.7. The Hall–Kier alpha value is -2.70. The zero-order valence-corrected chi connectivity index (χ0v) is 14.4. The van der Waals surface area contributed by atoms with Gasteiger partial charge in [-0.1, -0.05) is 0 Å². The Morgan fingerprint density at radius 3 is 2.52 bits per heavy atom. The van der Waals surface area contributed by atoms with E-state index < -0.39 is 29.5 Å². The van der Waals surface area contributed by atoms with Crippen LogP contribution in [0.25, 0.3) is 0 Å². The second-order valence-electron chi connectivity index (χ2n) is 5.54. The Labute approximate surface area is 143 Å². The van der Waals surface area contributed by atoms with Gasteiger partial charge in [0.15, 0.2) is 17.7 Å². The number of aryl methyl sites for hydroxylation is 1. The Morgan fingerprint density at radius 2 is 1.92 bits per heavy atom. The predicted octanol–water partition coefficient (Wildman–Crippen LogP) is 3.74. The first-order valence-corrected chi connectivity index (χ1v) is 7.78. The number of halogens is 2. The van der Waals surface area contributed by atoms with Crippen molar-refractivity contribution in [1.29, 1.82) is 0 Å². The lowest BCUT2D eigenvalue weighted by atomic mass is 10.1. The van der Waals surface area contributed by atoms with E-state index in [1.54, 1.807) is 20.8 Å². The second-order valence-corrected chi connectivity index (χ2v) is 5.54. The topological polar surface area (TPSA) is 68.4 Å². The van der Waals surface area contributed by atoms with Crippen molar-refractivity contribution >= 4 is 11.8 Å². The van der Waals surface area contributed by atoms with Gasteiger partial charge in [0.25, 0.3) is 0 Å². The molecule has 1 aromatic carbocycles. The molecule has 134 valence electrons. The second kappa shape index (κ2) is 7.46. The highest BCUT2D eigenvalue weighted by Crippen LogP contribution is 2.23. The number of H-pyrrole nitrogens is 1.